The molecule has 1 amide bonds. The average molecular weight is 473 g/mol. The molecule has 1 heterocycles. The van der Waals surface area contributed by atoms with E-state index in [1.54, 1.807) is 7.11 Å². The van der Waals surface area contributed by atoms with Crippen molar-refractivity contribution in [2.45, 2.75) is 53.2 Å². The molecule has 35 heavy (non-hydrogen) atoms. The molecule has 6 heteroatoms. The maximum Gasteiger partial charge on any atom is 0.408 e. The number of ether oxygens (including phenoxy) is 2. The Labute approximate surface area is 205 Å². The molecular weight excluding hydrogens is 440 g/mol. The third kappa shape index (κ3) is 4.74. The van der Waals surface area contributed by atoms with E-state index >= 15 is 0 Å². The summed E-state index contributed by atoms with van der Waals surface area (Å²) in [5, 5.41) is 5.41. The Balaban J connectivity index is 1.84. The van der Waals surface area contributed by atoms with Crippen molar-refractivity contribution < 1.29 is 14.3 Å². The topological polar surface area (TPSA) is 80.4 Å². The number of methoxy groups -OCH3 is 1. The van der Waals surface area contributed by atoms with Crippen LogP contribution in [-0.2, 0) is 4.74 Å². The second kappa shape index (κ2) is 9.10. The molecule has 182 valence electrons. The number of H-pyrrole nitrogens is 1. The Morgan fingerprint density at radius 3 is 2.31 bits per heavy atom. The van der Waals surface area contributed by atoms with Gasteiger partial charge in [0.05, 0.1) is 24.1 Å². The number of carbonyl (C=O) groups excluding carboxylic acids is 1. The molecular formula is C29H32N2O4. The van der Waals surface area contributed by atoms with Crippen molar-refractivity contribution in [1.82, 2.24) is 10.3 Å². The first-order valence-electron chi connectivity index (χ1n) is 11.7. The lowest BCUT2D eigenvalue weighted by Gasteiger charge is -2.22. The number of hydrogen-bond acceptors (Lipinski definition) is 4. The van der Waals surface area contributed by atoms with Gasteiger partial charge in [-0.15, -0.1) is 0 Å². The molecule has 1 aromatic heterocycles. The zero-order chi connectivity index (χ0) is 25.5. The maximum atomic E-state index is 12.9. The minimum absolute atomic E-state index is 0.0952. The third-order valence-electron chi connectivity index (χ3n) is 6.15. The van der Waals surface area contributed by atoms with Crippen molar-refractivity contribution in [3.8, 4) is 16.9 Å². The molecule has 0 fully saturated rings. The third-order valence-corrected chi connectivity index (χ3v) is 6.15. The normalized spacial score (nSPS) is 12.5. The van der Waals surface area contributed by atoms with Crippen LogP contribution in [0.1, 0.15) is 50.4 Å². The summed E-state index contributed by atoms with van der Waals surface area (Å²) in [5.74, 6) is 0.734. The molecule has 1 atom stereocenters. The number of rotatable bonds is 4. The summed E-state index contributed by atoms with van der Waals surface area (Å²) in [6.07, 6.45) is -0.453. The van der Waals surface area contributed by atoms with Crippen LogP contribution in [-0.4, -0.2) is 23.8 Å². The molecule has 0 aliphatic carbocycles. The number of alkyl carbamates (subject to hydrolysis) is 1. The van der Waals surface area contributed by atoms with Gasteiger partial charge in [0, 0.05) is 10.9 Å². The lowest BCUT2D eigenvalue weighted by Crippen LogP contribution is -2.34. The molecule has 0 spiro atoms. The fraction of sp³-hybridized carbons (Fsp3) is 0.310. The lowest BCUT2D eigenvalue weighted by atomic mass is 9.92. The number of fused-ring (bicyclic) bond motifs is 3. The molecule has 0 aliphatic heterocycles. The predicted octanol–water partition coefficient (Wildman–Crippen LogP) is 6.56. The molecule has 0 unspecified atom stereocenters. The fourth-order valence-electron chi connectivity index (χ4n) is 4.52. The Morgan fingerprint density at radius 1 is 1.00 bits per heavy atom. The summed E-state index contributed by atoms with van der Waals surface area (Å²) in [5.41, 5.74) is 4.83. The SMILES string of the molecule is COc1cc(C)c2[nH]c(=O)c3c(C)cccc3c2c1-c1ccc([C@@H](C)NC(=O)OC(C)(C)C)cc1. The molecule has 0 bridgehead atoms. The number of aromatic amines is 1. The highest BCUT2D eigenvalue weighted by Crippen LogP contribution is 2.41. The van der Waals surface area contributed by atoms with Gasteiger partial charge >= 0.3 is 6.09 Å². The van der Waals surface area contributed by atoms with Crippen LogP contribution in [0, 0.1) is 13.8 Å². The highest BCUT2D eigenvalue weighted by Gasteiger charge is 2.20. The van der Waals surface area contributed by atoms with E-state index in [1.165, 1.54) is 0 Å². The Morgan fingerprint density at radius 2 is 1.69 bits per heavy atom. The van der Waals surface area contributed by atoms with Gasteiger partial charge in [-0.2, -0.15) is 0 Å². The van der Waals surface area contributed by atoms with Crippen molar-refractivity contribution in [2.24, 2.45) is 0 Å². The van der Waals surface area contributed by atoms with Crippen LogP contribution in [0.4, 0.5) is 4.79 Å². The largest absolute Gasteiger partial charge is 0.496 e. The Hall–Kier alpha value is -3.80. The van der Waals surface area contributed by atoms with Crippen LogP contribution in [0.2, 0.25) is 0 Å². The maximum absolute atomic E-state index is 12.9. The highest BCUT2D eigenvalue weighted by atomic mass is 16.6. The van der Waals surface area contributed by atoms with Crippen molar-refractivity contribution in [3.05, 3.63) is 75.6 Å². The fourth-order valence-corrected chi connectivity index (χ4v) is 4.52. The number of nitrogens with one attached hydrogen (secondary N) is 2. The number of carbonyl (C=O) groups is 1. The summed E-state index contributed by atoms with van der Waals surface area (Å²) in [4.78, 5) is 28.2. The first-order chi connectivity index (χ1) is 16.5. The number of aryl methyl sites for hydroxylation is 2. The van der Waals surface area contributed by atoms with E-state index in [9.17, 15) is 9.59 Å². The van der Waals surface area contributed by atoms with Crippen LogP contribution >= 0.6 is 0 Å². The highest BCUT2D eigenvalue weighted by molar-refractivity contribution is 6.15. The number of amides is 1. The van der Waals surface area contributed by atoms with Crippen LogP contribution in [0.15, 0.2) is 53.3 Å². The molecule has 3 aromatic carbocycles. The number of benzene rings is 3. The van der Waals surface area contributed by atoms with Gasteiger partial charge in [-0.05, 0) is 75.2 Å². The van der Waals surface area contributed by atoms with Crippen molar-refractivity contribution >= 4 is 27.8 Å². The minimum atomic E-state index is -0.557. The molecule has 0 aliphatic rings. The zero-order valence-corrected chi connectivity index (χ0v) is 21.3. The van der Waals surface area contributed by atoms with Crippen molar-refractivity contribution in [1.29, 1.82) is 0 Å². The molecule has 0 saturated carbocycles. The summed E-state index contributed by atoms with van der Waals surface area (Å²) in [6.45, 7) is 11.3. The Kier molecular flexibility index (Phi) is 6.32. The van der Waals surface area contributed by atoms with Crippen LogP contribution in [0.3, 0.4) is 0 Å². The minimum Gasteiger partial charge on any atom is -0.496 e. The first-order valence-corrected chi connectivity index (χ1v) is 11.7. The number of pyridine rings is 1. The molecule has 0 radical (unpaired) electrons. The average Bonchev–Trinajstić information content (AvgIpc) is 2.78. The van der Waals surface area contributed by atoms with Crippen molar-refractivity contribution in [2.75, 3.05) is 7.11 Å². The van der Waals surface area contributed by atoms with Crippen LogP contribution < -0.4 is 15.6 Å². The molecule has 2 N–H and O–H groups in total. The van der Waals surface area contributed by atoms with Gasteiger partial charge in [-0.3, -0.25) is 4.79 Å². The number of hydrogen-bond donors (Lipinski definition) is 2. The van der Waals surface area contributed by atoms with E-state index in [2.05, 4.69) is 10.3 Å². The smallest absolute Gasteiger partial charge is 0.408 e. The van der Waals surface area contributed by atoms with Gasteiger partial charge in [0.2, 0.25) is 0 Å². The van der Waals surface area contributed by atoms with Gasteiger partial charge < -0.3 is 19.8 Å². The summed E-state index contributed by atoms with van der Waals surface area (Å²) in [7, 11) is 1.66. The summed E-state index contributed by atoms with van der Waals surface area (Å²) in [6, 6.07) is 15.6. The molecule has 4 aromatic rings. The van der Waals surface area contributed by atoms with E-state index in [1.807, 2.05) is 90.1 Å². The van der Waals surface area contributed by atoms with E-state index in [4.69, 9.17) is 9.47 Å². The van der Waals surface area contributed by atoms with Crippen molar-refractivity contribution in [3.63, 3.8) is 0 Å². The van der Waals surface area contributed by atoms with Gasteiger partial charge in [-0.1, -0.05) is 42.5 Å². The Bertz CT molecular complexity index is 1480. The second-order valence-electron chi connectivity index (χ2n) is 9.96. The van der Waals surface area contributed by atoms with Gasteiger partial charge in [0.1, 0.15) is 11.4 Å². The van der Waals surface area contributed by atoms with Gasteiger partial charge in [-0.25, -0.2) is 4.79 Å². The quantitative estimate of drug-likeness (QED) is 0.330. The van der Waals surface area contributed by atoms with E-state index in [0.29, 0.717) is 5.39 Å². The molecule has 4 rings (SSSR count). The van der Waals surface area contributed by atoms with Gasteiger partial charge in [0.15, 0.2) is 0 Å². The lowest BCUT2D eigenvalue weighted by molar-refractivity contribution is 0.0508. The standard InChI is InChI=1S/C29H32N2O4/c1-16-9-8-10-21-23(16)27(32)31-26-17(2)15-22(34-7)24(25(21)26)20-13-11-19(12-14-20)18(3)30-28(33)35-29(4,5)6/h8-15,18H,1-7H3,(H,30,33)(H,31,32)/t18-/m1/s1. The van der Waals surface area contributed by atoms with Crippen LogP contribution in [0.5, 0.6) is 5.75 Å². The van der Waals surface area contributed by atoms with E-state index in [-0.39, 0.29) is 11.6 Å². The van der Waals surface area contributed by atoms with Crippen LogP contribution in [0.25, 0.3) is 32.8 Å². The summed E-state index contributed by atoms with van der Waals surface area (Å²) < 4.78 is 11.2. The van der Waals surface area contributed by atoms with E-state index < -0.39 is 11.7 Å². The first kappa shape index (κ1) is 24.3. The van der Waals surface area contributed by atoms with Gasteiger partial charge in [0.25, 0.3) is 5.56 Å². The zero-order valence-electron chi connectivity index (χ0n) is 21.3. The predicted molar refractivity (Wildman–Crippen MR) is 141 cm³/mol. The molecule has 6 nitrogen and oxygen atoms in total. The monoisotopic (exact) mass is 472 g/mol. The van der Waals surface area contributed by atoms with E-state index in [0.717, 1.165) is 49.9 Å². The molecule has 0 saturated heterocycles. The second-order valence-corrected chi connectivity index (χ2v) is 9.96. The number of aromatic nitrogens is 1. The summed E-state index contributed by atoms with van der Waals surface area (Å²) >= 11 is 0.